The molecule has 5 nitrogen and oxygen atoms in total. The van der Waals surface area contributed by atoms with Crippen LogP contribution in [0.2, 0.25) is 0 Å². The number of aliphatic carboxylic acids is 1. The van der Waals surface area contributed by atoms with Gasteiger partial charge < -0.3 is 16.2 Å². The summed E-state index contributed by atoms with van der Waals surface area (Å²) in [7, 11) is 0. The van der Waals surface area contributed by atoms with Crippen LogP contribution in [-0.4, -0.2) is 29.1 Å². The van der Waals surface area contributed by atoms with Crippen LogP contribution in [-0.2, 0) is 9.59 Å². The predicted molar refractivity (Wildman–Crippen MR) is 66.5 cm³/mol. The van der Waals surface area contributed by atoms with Gasteiger partial charge in [0.05, 0.1) is 12.5 Å². The molecule has 0 aromatic rings. The van der Waals surface area contributed by atoms with Crippen molar-refractivity contribution >= 4 is 11.9 Å². The Morgan fingerprint density at radius 1 is 1.29 bits per heavy atom. The average molecular weight is 244 g/mol. The van der Waals surface area contributed by atoms with Gasteiger partial charge in [0.15, 0.2) is 0 Å². The van der Waals surface area contributed by atoms with Crippen molar-refractivity contribution in [1.82, 2.24) is 5.32 Å². The van der Waals surface area contributed by atoms with E-state index in [1.807, 2.05) is 13.8 Å². The van der Waals surface area contributed by atoms with Gasteiger partial charge >= 0.3 is 5.97 Å². The number of nitrogens with one attached hydrogen (secondary N) is 1. The lowest BCUT2D eigenvalue weighted by Crippen LogP contribution is -2.48. The molecule has 0 saturated heterocycles. The fraction of sp³-hybridized carbons (Fsp3) is 0.833. The fourth-order valence-corrected chi connectivity index (χ4v) is 1.64. The third-order valence-electron chi connectivity index (χ3n) is 3.31. The summed E-state index contributed by atoms with van der Waals surface area (Å²) in [5.41, 5.74) is 5.46. The summed E-state index contributed by atoms with van der Waals surface area (Å²) in [5.74, 6) is -0.743. The maximum Gasteiger partial charge on any atom is 0.305 e. The minimum atomic E-state index is -0.907. The molecule has 0 aromatic carbocycles. The van der Waals surface area contributed by atoms with Gasteiger partial charge in [-0.1, -0.05) is 27.2 Å². The van der Waals surface area contributed by atoms with Crippen LogP contribution >= 0.6 is 0 Å². The van der Waals surface area contributed by atoms with Gasteiger partial charge in [-0.3, -0.25) is 9.59 Å². The molecule has 4 N–H and O–H groups in total. The molecule has 0 radical (unpaired) electrons. The Morgan fingerprint density at radius 2 is 1.82 bits per heavy atom. The molecule has 0 aromatic heterocycles. The van der Waals surface area contributed by atoms with Crippen molar-refractivity contribution in [3.05, 3.63) is 0 Å². The molecule has 2 unspecified atom stereocenters. The van der Waals surface area contributed by atoms with Crippen molar-refractivity contribution in [1.29, 1.82) is 0 Å². The van der Waals surface area contributed by atoms with E-state index >= 15 is 0 Å². The van der Waals surface area contributed by atoms with Gasteiger partial charge in [0.2, 0.25) is 5.91 Å². The number of carbonyl (C=O) groups excluding carboxylic acids is 1. The van der Waals surface area contributed by atoms with E-state index in [4.69, 9.17) is 10.8 Å². The first-order valence-corrected chi connectivity index (χ1v) is 6.07. The van der Waals surface area contributed by atoms with Gasteiger partial charge in [0.1, 0.15) is 0 Å². The summed E-state index contributed by atoms with van der Waals surface area (Å²) < 4.78 is 0. The molecular formula is C12H24N2O3. The van der Waals surface area contributed by atoms with Crippen LogP contribution in [0, 0.1) is 11.8 Å². The molecule has 0 spiro atoms. The Hall–Kier alpha value is -1.10. The molecule has 100 valence electrons. The summed E-state index contributed by atoms with van der Waals surface area (Å²) in [6, 6.07) is -0.976. The van der Waals surface area contributed by atoms with Crippen LogP contribution in [0.5, 0.6) is 0 Å². The molecule has 0 bridgehead atoms. The molecule has 5 heteroatoms. The van der Waals surface area contributed by atoms with Gasteiger partial charge in [0, 0.05) is 6.04 Å². The second kappa shape index (κ2) is 7.27. The molecule has 1 amide bonds. The monoisotopic (exact) mass is 244 g/mol. The van der Waals surface area contributed by atoms with Gasteiger partial charge in [-0.05, 0) is 18.8 Å². The first-order valence-electron chi connectivity index (χ1n) is 6.07. The molecule has 0 fully saturated rings. The van der Waals surface area contributed by atoms with Crippen molar-refractivity contribution in [2.24, 2.45) is 17.6 Å². The molecule has 0 heterocycles. The Labute approximate surface area is 103 Å². The number of carboxylic acid groups (broad SMARTS) is 1. The maximum absolute atomic E-state index is 11.5. The number of amides is 1. The van der Waals surface area contributed by atoms with Crippen molar-refractivity contribution < 1.29 is 14.7 Å². The van der Waals surface area contributed by atoms with Gasteiger partial charge in [-0.25, -0.2) is 0 Å². The second-order valence-corrected chi connectivity index (χ2v) is 4.75. The maximum atomic E-state index is 11.5. The molecule has 0 aliphatic rings. The van der Waals surface area contributed by atoms with E-state index in [9.17, 15) is 9.59 Å². The Morgan fingerprint density at radius 3 is 2.18 bits per heavy atom. The lowest BCUT2D eigenvalue weighted by atomic mass is 9.85. The number of hydrogen-bond donors (Lipinski definition) is 3. The zero-order valence-electron chi connectivity index (χ0n) is 11.1. The third-order valence-corrected chi connectivity index (χ3v) is 3.31. The standard InChI is InChI=1S/C12H24N2O3/c1-5-7(2)8(3)10(6-11(15)16)14-12(17)9(4)13/h7-10H,5-6,13H2,1-4H3,(H,14,17)(H,15,16)/t7?,8?,9-,10+/m0/s1. The highest BCUT2D eigenvalue weighted by atomic mass is 16.4. The quantitative estimate of drug-likeness (QED) is 0.622. The van der Waals surface area contributed by atoms with Crippen LogP contribution in [0.15, 0.2) is 0 Å². The Balaban J connectivity index is 4.63. The normalized spacial score (nSPS) is 17.9. The smallest absolute Gasteiger partial charge is 0.305 e. The average Bonchev–Trinajstić information content (AvgIpc) is 2.25. The molecule has 0 aliphatic carbocycles. The number of rotatable bonds is 7. The van der Waals surface area contributed by atoms with Crippen molar-refractivity contribution in [3.63, 3.8) is 0 Å². The first kappa shape index (κ1) is 15.9. The highest BCUT2D eigenvalue weighted by Gasteiger charge is 2.26. The number of carboxylic acids is 1. The van der Waals surface area contributed by atoms with Gasteiger partial charge in [-0.15, -0.1) is 0 Å². The van der Waals surface area contributed by atoms with Gasteiger partial charge in [-0.2, -0.15) is 0 Å². The minimum Gasteiger partial charge on any atom is -0.481 e. The third kappa shape index (κ3) is 5.68. The molecule has 0 rings (SSSR count). The molecule has 17 heavy (non-hydrogen) atoms. The highest BCUT2D eigenvalue weighted by molar-refractivity contribution is 5.82. The lowest BCUT2D eigenvalue weighted by Gasteiger charge is -2.28. The minimum absolute atomic E-state index is 0.0655. The van der Waals surface area contributed by atoms with Gasteiger partial charge in [0.25, 0.3) is 0 Å². The first-order chi connectivity index (χ1) is 7.79. The molecule has 4 atom stereocenters. The second-order valence-electron chi connectivity index (χ2n) is 4.75. The highest BCUT2D eigenvalue weighted by Crippen LogP contribution is 2.20. The topological polar surface area (TPSA) is 92.4 Å². The number of nitrogens with two attached hydrogens (primary N) is 1. The van der Waals surface area contributed by atoms with Crippen LogP contribution in [0.25, 0.3) is 0 Å². The van der Waals surface area contributed by atoms with Crippen LogP contribution < -0.4 is 11.1 Å². The van der Waals surface area contributed by atoms with E-state index in [-0.39, 0.29) is 24.3 Å². The van der Waals surface area contributed by atoms with E-state index in [0.29, 0.717) is 5.92 Å². The summed E-state index contributed by atoms with van der Waals surface area (Å²) in [5, 5.41) is 11.6. The van der Waals surface area contributed by atoms with E-state index in [2.05, 4.69) is 12.2 Å². The van der Waals surface area contributed by atoms with Crippen molar-refractivity contribution in [3.8, 4) is 0 Å². The molecule has 0 saturated carbocycles. The zero-order chi connectivity index (χ0) is 13.6. The van der Waals surface area contributed by atoms with Crippen LogP contribution in [0.1, 0.15) is 40.5 Å². The summed E-state index contributed by atoms with van der Waals surface area (Å²) >= 11 is 0. The SMILES string of the molecule is CCC(C)C(C)[C@@H](CC(=O)O)NC(=O)[C@H](C)N. The van der Waals surface area contributed by atoms with E-state index < -0.39 is 12.0 Å². The van der Waals surface area contributed by atoms with Crippen molar-refractivity contribution in [2.75, 3.05) is 0 Å². The summed E-state index contributed by atoms with van der Waals surface area (Å²) in [6.07, 6.45) is 0.884. The van der Waals surface area contributed by atoms with Crippen LogP contribution in [0.3, 0.4) is 0 Å². The largest absolute Gasteiger partial charge is 0.481 e. The van der Waals surface area contributed by atoms with Crippen molar-refractivity contribution in [2.45, 2.75) is 52.6 Å². The molecule has 0 aliphatic heterocycles. The zero-order valence-corrected chi connectivity index (χ0v) is 11.1. The lowest BCUT2D eigenvalue weighted by molar-refractivity contribution is -0.138. The van der Waals surface area contributed by atoms with Crippen LogP contribution in [0.4, 0.5) is 0 Å². The Bertz CT molecular complexity index is 266. The summed E-state index contributed by atoms with van der Waals surface area (Å²) in [6.45, 7) is 7.65. The molecular weight excluding hydrogens is 220 g/mol. The predicted octanol–water partition coefficient (Wildman–Crippen LogP) is 0.975. The number of carbonyl (C=O) groups is 2. The van der Waals surface area contributed by atoms with E-state index in [1.54, 1.807) is 6.92 Å². The van der Waals surface area contributed by atoms with E-state index in [0.717, 1.165) is 6.42 Å². The Kier molecular flexibility index (Phi) is 6.80. The van der Waals surface area contributed by atoms with E-state index in [1.165, 1.54) is 0 Å². The number of hydrogen-bond acceptors (Lipinski definition) is 3. The summed E-state index contributed by atoms with van der Waals surface area (Å²) in [4.78, 5) is 22.3. The fourth-order valence-electron chi connectivity index (χ4n) is 1.64.